The van der Waals surface area contributed by atoms with Gasteiger partial charge in [0.1, 0.15) is 6.04 Å². The number of rotatable bonds is 5. The van der Waals surface area contributed by atoms with Crippen molar-refractivity contribution in [2.45, 2.75) is 25.4 Å². The summed E-state index contributed by atoms with van der Waals surface area (Å²) in [4.78, 5) is 23.1. The summed E-state index contributed by atoms with van der Waals surface area (Å²) in [5, 5.41) is 17.5. The highest BCUT2D eigenvalue weighted by Gasteiger charge is 2.30. The van der Waals surface area contributed by atoms with E-state index in [2.05, 4.69) is 21.4 Å². The van der Waals surface area contributed by atoms with Crippen LogP contribution >= 0.6 is 0 Å². The van der Waals surface area contributed by atoms with E-state index in [0.29, 0.717) is 12.1 Å². The number of nitrogens with one attached hydrogen (secondary N) is 3. The third-order valence-electron chi connectivity index (χ3n) is 5.20. The minimum atomic E-state index is -0.498. The van der Waals surface area contributed by atoms with Crippen LogP contribution in [-0.2, 0) is 4.79 Å². The van der Waals surface area contributed by atoms with Crippen LogP contribution in [-0.4, -0.2) is 22.6 Å². The molecule has 1 saturated heterocycles. The van der Waals surface area contributed by atoms with Crippen molar-refractivity contribution < 1.29 is 9.72 Å². The molecule has 3 N–H and O–H groups in total. The minimum absolute atomic E-state index is 0.0258. The lowest BCUT2D eigenvalue weighted by Crippen LogP contribution is -2.41. The Kier molecular flexibility index (Phi) is 5.51. The molecule has 1 aliphatic heterocycles. The number of benzene rings is 3. The zero-order valence-electron chi connectivity index (χ0n) is 16.3. The first-order valence-corrected chi connectivity index (χ1v) is 9.60. The highest BCUT2D eigenvalue weighted by molar-refractivity contribution is 6.02. The first-order chi connectivity index (χ1) is 14.5. The van der Waals surface area contributed by atoms with Gasteiger partial charge in [-0.2, -0.15) is 5.10 Å². The average molecular weight is 403 g/mol. The van der Waals surface area contributed by atoms with E-state index in [0.717, 1.165) is 21.9 Å². The Morgan fingerprint density at radius 2 is 1.87 bits per heavy atom. The van der Waals surface area contributed by atoms with Crippen LogP contribution in [0.5, 0.6) is 0 Å². The Hall–Kier alpha value is -3.62. The van der Waals surface area contributed by atoms with Gasteiger partial charge in [0.2, 0.25) is 0 Å². The number of carbonyl (C=O) groups is 1. The Labute approximate surface area is 173 Å². The average Bonchev–Trinajstić information content (AvgIpc) is 3.27. The number of amides is 1. The number of carbonyl (C=O) groups excluding carboxylic acids is 1. The zero-order valence-corrected chi connectivity index (χ0v) is 16.3. The summed E-state index contributed by atoms with van der Waals surface area (Å²) in [6, 6.07) is 19.8. The van der Waals surface area contributed by atoms with Crippen LogP contribution in [0.15, 0.2) is 71.8 Å². The summed E-state index contributed by atoms with van der Waals surface area (Å²) < 4.78 is 0. The van der Waals surface area contributed by atoms with Crippen molar-refractivity contribution in [2.75, 3.05) is 0 Å². The Morgan fingerprint density at radius 3 is 2.67 bits per heavy atom. The molecule has 8 heteroatoms. The third-order valence-corrected chi connectivity index (χ3v) is 5.20. The Morgan fingerprint density at radius 1 is 1.07 bits per heavy atom. The standard InChI is InChI=1S/C22H21N5O3/c1-14(16-10-9-15-5-2-3-6-17(15)11-16)23-26-22(28)21-13-20(24-25-21)18-7-4-8-19(12-18)27(29)30/h2-12,20-21,24-25H,13H2,1H3,(H,26,28)/b23-14+. The van der Waals surface area contributed by atoms with Crippen molar-refractivity contribution in [3.8, 4) is 0 Å². The molecule has 0 aromatic heterocycles. The van der Waals surface area contributed by atoms with E-state index in [1.165, 1.54) is 12.1 Å². The number of non-ortho nitro benzene ring substituents is 1. The van der Waals surface area contributed by atoms with E-state index >= 15 is 0 Å². The highest BCUT2D eigenvalue weighted by atomic mass is 16.6. The predicted octanol–water partition coefficient (Wildman–Crippen LogP) is 3.20. The molecule has 0 radical (unpaired) electrons. The maximum atomic E-state index is 12.5. The van der Waals surface area contributed by atoms with Crippen LogP contribution in [0.25, 0.3) is 10.8 Å². The molecule has 0 aliphatic carbocycles. The minimum Gasteiger partial charge on any atom is -0.271 e. The highest BCUT2D eigenvalue weighted by Crippen LogP contribution is 2.25. The quantitative estimate of drug-likeness (QED) is 0.344. The zero-order chi connectivity index (χ0) is 21.1. The smallest absolute Gasteiger partial charge is 0.269 e. The summed E-state index contributed by atoms with van der Waals surface area (Å²) in [6.07, 6.45) is 0.456. The summed E-state index contributed by atoms with van der Waals surface area (Å²) in [6.45, 7) is 1.84. The monoisotopic (exact) mass is 403 g/mol. The van der Waals surface area contributed by atoms with Gasteiger partial charge >= 0.3 is 0 Å². The summed E-state index contributed by atoms with van der Waals surface area (Å²) in [7, 11) is 0. The Bertz CT molecular complexity index is 1140. The lowest BCUT2D eigenvalue weighted by molar-refractivity contribution is -0.384. The van der Waals surface area contributed by atoms with Gasteiger partial charge in [0.05, 0.1) is 10.6 Å². The molecule has 1 aliphatic rings. The normalized spacial score (nSPS) is 19.0. The van der Waals surface area contributed by atoms with Crippen molar-refractivity contribution in [1.82, 2.24) is 16.3 Å². The van der Waals surface area contributed by atoms with Crippen molar-refractivity contribution >= 4 is 28.1 Å². The van der Waals surface area contributed by atoms with Crippen molar-refractivity contribution in [3.63, 3.8) is 0 Å². The van der Waals surface area contributed by atoms with E-state index in [1.807, 2.05) is 49.4 Å². The predicted molar refractivity (Wildman–Crippen MR) is 115 cm³/mol. The summed E-state index contributed by atoms with van der Waals surface area (Å²) in [5.74, 6) is -0.268. The van der Waals surface area contributed by atoms with E-state index < -0.39 is 11.0 Å². The summed E-state index contributed by atoms with van der Waals surface area (Å²) in [5.41, 5.74) is 11.0. The fraction of sp³-hybridized carbons (Fsp3) is 0.182. The molecule has 4 rings (SSSR count). The molecule has 2 unspecified atom stereocenters. The molecule has 2 atom stereocenters. The van der Waals surface area contributed by atoms with Gasteiger partial charge in [0.15, 0.2) is 0 Å². The molecule has 30 heavy (non-hydrogen) atoms. The largest absolute Gasteiger partial charge is 0.271 e. The second-order valence-corrected chi connectivity index (χ2v) is 7.22. The van der Waals surface area contributed by atoms with Crippen LogP contribution in [0, 0.1) is 10.1 Å². The number of hydrogen-bond donors (Lipinski definition) is 3. The maximum Gasteiger partial charge on any atom is 0.269 e. The number of nitro benzene ring substituents is 1. The van der Waals surface area contributed by atoms with Crippen LogP contribution in [0.4, 0.5) is 5.69 Å². The second kappa shape index (κ2) is 8.40. The number of hydrazone groups is 1. The molecule has 1 heterocycles. The van der Waals surface area contributed by atoms with Gasteiger partial charge in [-0.05, 0) is 41.3 Å². The SMILES string of the molecule is C/C(=N\NC(=O)C1CC(c2cccc([N+](=O)[O-])c2)NN1)c1ccc2ccccc2c1. The lowest BCUT2D eigenvalue weighted by atomic mass is 10.0. The van der Waals surface area contributed by atoms with Crippen molar-refractivity contribution in [3.05, 3.63) is 88.0 Å². The molecular formula is C22H21N5O3. The molecule has 8 nitrogen and oxygen atoms in total. The van der Waals surface area contributed by atoms with Gasteiger partial charge in [0.25, 0.3) is 11.6 Å². The van der Waals surface area contributed by atoms with Gasteiger partial charge in [-0.25, -0.2) is 16.3 Å². The molecule has 0 saturated carbocycles. The van der Waals surface area contributed by atoms with Gasteiger partial charge in [-0.15, -0.1) is 0 Å². The third kappa shape index (κ3) is 4.19. The number of hydrogen-bond acceptors (Lipinski definition) is 6. The lowest BCUT2D eigenvalue weighted by Gasteiger charge is -2.09. The number of fused-ring (bicyclic) bond motifs is 1. The van der Waals surface area contributed by atoms with Gasteiger partial charge < -0.3 is 0 Å². The molecule has 3 aromatic rings. The van der Waals surface area contributed by atoms with Crippen molar-refractivity contribution in [1.29, 1.82) is 0 Å². The first kappa shape index (κ1) is 19.7. The van der Waals surface area contributed by atoms with Crippen LogP contribution in [0.2, 0.25) is 0 Å². The summed E-state index contributed by atoms with van der Waals surface area (Å²) >= 11 is 0. The molecule has 0 spiro atoms. The second-order valence-electron chi connectivity index (χ2n) is 7.22. The van der Waals surface area contributed by atoms with Crippen LogP contribution < -0.4 is 16.3 Å². The number of nitrogens with zero attached hydrogens (tertiary/aromatic N) is 2. The van der Waals surface area contributed by atoms with Gasteiger partial charge in [-0.1, -0.05) is 48.5 Å². The fourth-order valence-corrected chi connectivity index (χ4v) is 3.50. The van der Waals surface area contributed by atoms with Crippen LogP contribution in [0.3, 0.4) is 0 Å². The molecule has 152 valence electrons. The Balaban J connectivity index is 1.40. The topological polar surface area (TPSA) is 109 Å². The van der Waals surface area contributed by atoms with E-state index in [1.54, 1.807) is 12.1 Å². The van der Waals surface area contributed by atoms with E-state index in [4.69, 9.17) is 0 Å². The number of hydrazine groups is 1. The molecule has 1 amide bonds. The molecule has 0 bridgehead atoms. The maximum absolute atomic E-state index is 12.5. The first-order valence-electron chi connectivity index (χ1n) is 9.60. The number of nitro groups is 1. The molecular weight excluding hydrogens is 382 g/mol. The van der Waals surface area contributed by atoms with Crippen molar-refractivity contribution in [2.24, 2.45) is 5.10 Å². The van der Waals surface area contributed by atoms with E-state index in [-0.39, 0.29) is 17.6 Å². The molecule has 3 aromatic carbocycles. The molecule has 1 fully saturated rings. The van der Waals surface area contributed by atoms with Crippen LogP contribution in [0.1, 0.15) is 30.5 Å². The van der Waals surface area contributed by atoms with Gasteiger partial charge in [-0.3, -0.25) is 14.9 Å². The van der Waals surface area contributed by atoms with Gasteiger partial charge in [0, 0.05) is 18.2 Å². The van der Waals surface area contributed by atoms with E-state index in [9.17, 15) is 14.9 Å². The fourth-order valence-electron chi connectivity index (χ4n) is 3.50.